The Hall–Kier alpha value is -2.77. The first-order chi connectivity index (χ1) is 13.6. The Morgan fingerprint density at radius 1 is 1.25 bits per heavy atom. The minimum Gasteiger partial charge on any atom is -0.479 e. The summed E-state index contributed by atoms with van der Waals surface area (Å²) in [6.07, 6.45) is -0.528. The van der Waals surface area contributed by atoms with Crippen molar-refractivity contribution in [1.29, 1.82) is 0 Å². The molecule has 2 aromatic carbocycles. The number of fused-ring (bicyclic) bond motifs is 1. The summed E-state index contributed by atoms with van der Waals surface area (Å²) in [5.74, 6) is 1.02. The molecule has 0 bridgehead atoms. The second kappa shape index (κ2) is 8.08. The third-order valence-corrected chi connectivity index (χ3v) is 6.15. The molecule has 2 N–H and O–H groups in total. The van der Waals surface area contributed by atoms with Gasteiger partial charge in [0, 0.05) is 16.3 Å². The number of thiophene rings is 1. The first-order valence-electron chi connectivity index (χ1n) is 8.76. The molecule has 1 unspecified atom stereocenters. The van der Waals surface area contributed by atoms with Crippen molar-refractivity contribution in [2.75, 3.05) is 10.6 Å². The summed E-state index contributed by atoms with van der Waals surface area (Å²) < 4.78 is 5.55. The summed E-state index contributed by atoms with van der Waals surface area (Å²) >= 11 is 3.30. The number of ether oxygens (including phenoxy) is 1. The van der Waals surface area contributed by atoms with Crippen LogP contribution >= 0.6 is 23.1 Å². The molecule has 0 spiro atoms. The van der Waals surface area contributed by atoms with Crippen LogP contribution in [0.4, 0.5) is 11.4 Å². The molecular formula is C21H18N2O3S2. The number of rotatable bonds is 5. The number of carbonyl (C=O) groups is 2. The number of hydrogen-bond acceptors (Lipinski definition) is 5. The van der Waals surface area contributed by atoms with Gasteiger partial charge in [0.25, 0.3) is 11.8 Å². The summed E-state index contributed by atoms with van der Waals surface area (Å²) in [7, 11) is 0. The highest BCUT2D eigenvalue weighted by molar-refractivity contribution is 7.98. The van der Waals surface area contributed by atoms with Gasteiger partial charge in [-0.1, -0.05) is 12.1 Å². The smallest absolute Gasteiger partial charge is 0.265 e. The van der Waals surface area contributed by atoms with Gasteiger partial charge in [0.15, 0.2) is 6.10 Å². The van der Waals surface area contributed by atoms with Crippen molar-refractivity contribution < 1.29 is 14.3 Å². The van der Waals surface area contributed by atoms with Gasteiger partial charge in [-0.2, -0.15) is 11.3 Å². The fourth-order valence-electron chi connectivity index (χ4n) is 2.80. The van der Waals surface area contributed by atoms with Crippen LogP contribution in [-0.2, 0) is 10.5 Å². The molecule has 0 saturated heterocycles. The number of hydrogen-bond donors (Lipinski definition) is 2. The molecule has 142 valence electrons. The lowest BCUT2D eigenvalue weighted by Crippen LogP contribution is -2.34. The number of nitrogens with one attached hydrogen (secondary N) is 2. The zero-order valence-electron chi connectivity index (χ0n) is 15.1. The summed E-state index contributed by atoms with van der Waals surface area (Å²) in [4.78, 5) is 25.6. The Kier molecular flexibility index (Phi) is 5.36. The third-order valence-electron chi connectivity index (χ3n) is 4.27. The monoisotopic (exact) mass is 410 g/mol. The summed E-state index contributed by atoms with van der Waals surface area (Å²) in [6.45, 7) is 1.69. The number of thioether (sulfide) groups is 1. The standard InChI is InChI=1S/C21H18N2O3S2/c1-13-20(24)23-17-10-15(6-7-18(17)26-13)22-21(25)16-4-2-3-5-19(16)28-12-14-8-9-27-11-14/h2-11,13H,12H2,1H3,(H,22,25)(H,23,24). The van der Waals surface area contributed by atoms with Crippen molar-refractivity contribution in [2.45, 2.75) is 23.7 Å². The molecule has 0 fully saturated rings. The van der Waals surface area contributed by atoms with Gasteiger partial charge in [-0.3, -0.25) is 9.59 Å². The predicted molar refractivity (Wildman–Crippen MR) is 113 cm³/mol. The molecule has 0 saturated carbocycles. The van der Waals surface area contributed by atoms with E-state index < -0.39 is 6.10 Å². The Labute approximate surface area is 171 Å². The van der Waals surface area contributed by atoms with E-state index in [4.69, 9.17) is 4.74 Å². The molecule has 2 heterocycles. The minimum absolute atomic E-state index is 0.190. The normalized spacial score (nSPS) is 15.3. The molecule has 1 aliphatic rings. The van der Waals surface area contributed by atoms with Crippen molar-refractivity contribution in [3.63, 3.8) is 0 Å². The lowest BCUT2D eigenvalue weighted by Gasteiger charge is -2.23. The maximum absolute atomic E-state index is 12.8. The SMILES string of the molecule is CC1Oc2ccc(NC(=O)c3ccccc3SCc3ccsc3)cc2NC1=O. The average Bonchev–Trinajstić information content (AvgIpc) is 3.21. The van der Waals surface area contributed by atoms with Crippen LogP contribution in [-0.4, -0.2) is 17.9 Å². The maximum atomic E-state index is 12.8. The maximum Gasteiger partial charge on any atom is 0.265 e. The highest BCUT2D eigenvalue weighted by Gasteiger charge is 2.23. The zero-order chi connectivity index (χ0) is 19.5. The molecule has 0 radical (unpaired) electrons. The minimum atomic E-state index is -0.528. The Morgan fingerprint density at radius 2 is 2.11 bits per heavy atom. The van der Waals surface area contributed by atoms with E-state index in [1.54, 1.807) is 48.2 Å². The highest BCUT2D eigenvalue weighted by atomic mass is 32.2. The van der Waals surface area contributed by atoms with Crippen LogP contribution in [0.1, 0.15) is 22.8 Å². The Morgan fingerprint density at radius 3 is 2.93 bits per heavy atom. The summed E-state index contributed by atoms with van der Waals surface area (Å²) in [5, 5.41) is 9.86. The van der Waals surface area contributed by atoms with Gasteiger partial charge < -0.3 is 15.4 Å². The van der Waals surface area contributed by atoms with Crippen LogP contribution in [0.3, 0.4) is 0 Å². The molecular weight excluding hydrogens is 392 g/mol. The fourth-order valence-corrected chi connectivity index (χ4v) is 4.57. The van der Waals surface area contributed by atoms with E-state index in [2.05, 4.69) is 22.1 Å². The van der Waals surface area contributed by atoms with Crippen LogP contribution in [0.2, 0.25) is 0 Å². The topological polar surface area (TPSA) is 67.4 Å². The molecule has 2 amide bonds. The van der Waals surface area contributed by atoms with Crippen molar-refractivity contribution in [3.05, 3.63) is 70.4 Å². The number of amides is 2. The van der Waals surface area contributed by atoms with Crippen LogP contribution in [0.5, 0.6) is 5.75 Å². The van der Waals surface area contributed by atoms with Crippen molar-refractivity contribution in [1.82, 2.24) is 0 Å². The van der Waals surface area contributed by atoms with E-state index in [1.165, 1.54) is 5.56 Å². The van der Waals surface area contributed by atoms with Crippen LogP contribution < -0.4 is 15.4 Å². The second-order valence-corrected chi connectivity index (χ2v) is 8.13. The van der Waals surface area contributed by atoms with Crippen molar-refractivity contribution >= 4 is 46.3 Å². The van der Waals surface area contributed by atoms with E-state index in [9.17, 15) is 9.59 Å². The van der Waals surface area contributed by atoms with E-state index >= 15 is 0 Å². The lowest BCUT2D eigenvalue weighted by atomic mass is 10.2. The zero-order valence-corrected chi connectivity index (χ0v) is 16.7. The molecule has 3 aromatic rings. The first kappa shape index (κ1) is 18.6. The third kappa shape index (κ3) is 4.05. The largest absolute Gasteiger partial charge is 0.479 e. The fraction of sp³-hybridized carbons (Fsp3) is 0.143. The lowest BCUT2D eigenvalue weighted by molar-refractivity contribution is -0.122. The van der Waals surface area contributed by atoms with Gasteiger partial charge in [-0.15, -0.1) is 11.8 Å². The van der Waals surface area contributed by atoms with Gasteiger partial charge in [-0.05, 0) is 59.6 Å². The average molecular weight is 411 g/mol. The first-order valence-corrected chi connectivity index (χ1v) is 10.7. The molecule has 1 aliphatic heterocycles. The van der Waals surface area contributed by atoms with E-state index in [1.807, 2.05) is 29.6 Å². The van der Waals surface area contributed by atoms with Gasteiger partial charge in [0.1, 0.15) is 5.75 Å². The van der Waals surface area contributed by atoms with Gasteiger partial charge in [0.2, 0.25) is 0 Å². The molecule has 1 atom stereocenters. The number of carbonyl (C=O) groups excluding carboxylic acids is 2. The molecule has 1 aromatic heterocycles. The summed E-state index contributed by atoms with van der Waals surface area (Å²) in [5.41, 5.74) is 3.01. The van der Waals surface area contributed by atoms with Crippen LogP contribution in [0, 0.1) is 0 Å². The van der Waals surface area contributed by atoms with Crippen molar-refractivity contribution in [2.24, 2.45) is 0 Å². The Bertz CT molecular complexity index is 1020. The Balaban J connectivity index is 1.50. The molecule has 4 rings (SSSR count). The molecule has 0 aliphatic carbocycles. The predicted octanol–water partition coefficient (Wildman–Crippen LogP) is 5.01. The summed E-state index contributed by atoms with van der Waals surface area (Å²) in [6, 6.07) is 14.9. The molecule has 5 nitrogen and oxygen atoms in total. The van der Waals surface area contributed by atoms with E-state index in [-0.39, 0.29) is 11.8 Å². The van der Waals surface area contributed by atoms with Gasteiger partial charge in [0.05, 0.1) is 11.3 Å². The van der Waals surface area contributed by atoms with E-state index in [0.717, 1.165) is 10.6 Å². The molecule has 7 heteroatoms. The van der Waals surface area contributed by atoms with Gasteiger partial charge in [-0.25, -0.2) is 0 Å². The number of benzene rings is 2. The number of anilines is 2. The quantitative estimate of drug-likeness (QED) is 0.580. The molecule has 28 heavy (non-hydrogen) atoms. The van der Waals surface area contributed by atoms with Gasteiger partial charge >= 0.3 is 0 Å². The van der Waals surface area contributed by atoms with Crippen LogP contribution in [0.25, 0.3) is 0 Å². The van der Waals surface area contributed by atoms with Crippen LogP contribution in [0.15, 0.2) is 64.2 Å². The second-order valence-electron chi connectivity index (χ2n) is 6.33. The highest BCUT2D eigenvalue weighted by Crippen LogP contribution is 2.33. The van der Waals surface area contributed by atoms with E-state index in [0.29, 0.717) is 22.7 Å². The van der Waals surface area contributed by atoms with Crippen molar-refractivity contribution in [3.8, 4) is 5.75 Å².